The Labute approximate surface area is 186 Å². The Balaban J connectivity index is 1.26. The molecule has 0 spiro atoms. The minimum absolute atomic E-state index is 0.0837. The summed E-state index contributed by atoms with van der Waals surface area (Å²) in [6, 6.07) is 9.15. The number of nitrogens with zero attached hydrogens (tertiary/aromatic N) is 3. The van der Waals surface area contributed by atoms with Crippen molar-refractivity contribution < 1.29 is 24.2 Å². The maximum atomic E-state index is 12.5. The number of anilines is 1. The Morgan fingerprint density at radius 1 is 1.06 bits per heavy atom. The van der Waals surface area contributed by atoms with E-state index in [1.54, 1.807) is 24.4 Å². The molecule has 9 nitrogen and oxygen atoms in total. The van der Waals surface area contributed by atoms with Crippen molar-refractivity contribution in [2.45, 2.75) is 13.0 Å². The molecule has 0 radical (unpaired) electrons. The lowest BCUT2D eigenvalue weighted by Crippen LogP contribution is -2.48. The Bertz CT molecular complexity index is 931. The number of aromatic nitrogens is 1. The van der Waals surface area contributed by atoms with Gasteiger partial charge in [-0.05, 0) is 23.8 Å². The van der Waals surface area contributed by atoms with Crippen molar-refractivity contribution in [2.75, 3.05) is 51.3 Å². The van der Waals surface area contributed by atoms with Gasteiger partial charge in [-0.15, -0.1) is 0 Å². The molecule has 2 N–H and O–H groups in total. The van der Waals surface area contributed by atoms with Crippen LogP contribution in [0.15, 0.2) is 42.7 Å². The van der Waals surface area contributed by atoms with Crippen LogP contribution in [0.5, 0.6) is 11.5 Å². The third-order valence-electron chi connectivity index (χ3n) is 5.68. The standard InChI is InChI=1S/C23H28N4O5/c28-22(25-19-3-4-20-21(13-19)32-11-10-31-20)12-18(23(29)30)16-27-8-6-26(7-9-27)15-17-2-1-5-24-14-17/h1-5,13-14,18H,6-12,15-16H2,(H,25,28)(H,29,30). The summed E-state index contributed by atoms with van der Waals surface area (Å²) >= 11 is 0. The molecule has 32 heavy (non-hydrogen) atoms. The molecule has 1 saturated heterocycles. The van der Waals surface area contributed by atoms with Gasteiger partial charge in [-0.1, -0.05) is 6.07 Å². The largest absolute Gasteiger partial charge is 0.486 e. The molecule has 3 heterocycles. The minimum atomic E-state index is -0.958. The predicted octanol–water partition coefficient (Wildman–Crippen LogP) is 1.70. The summed E-state index contributed by atoms with van der Waals surface area (Å²) in [6.45, 7) is 5.39. The molecule has 1 aromatic heterocycles. The number of pyridine rings is 1. The first-order valence-corrected chi connectivity index (χ1v) is 10.8. The Morgan fingerprint density at radius 3 is 2.53 bits per heavy atom. The number of hydrogen-bond acceptors (Lipinski definition) is 7. The van der Waals surface area contributed by atoms with Crippen LogP contribution >= 0.6 is 0 Å². The smallest absolute Gasteiger partial charge is 0.308 e. The molecule has 2 aromatic rings. The van der Waals surface area contributed by atoms with Gasteiger partial charge in [-0.3, -0.25) is 24.4 Å². The van der Waals surface area contributed by atoms with Crippen molar-refractivity contribution in [3.63, 3.8) is 0 Å². The second-order valence-electron chi connectivity index (χ2n) is 8.08. The van der Waals surface area contributed by atoms with E-state index in [0.717, 1.165) is 32.7 Å². The summed E-state index contributed by atoms with van der Waals surface area (Å²) in [6.07, 6.45) is 3.55. The van der Waals surface area contributed by atoms with Gasteiger partial charge in [-0.2, -0.15) is 0 Å². The molecule has 0 bridgehead atoms. The lowest BCUT2D eigenvalue weighted by atomic mass is 10.0. The molecule has 0 saturated carbocycles. The highest BCUT2D eigenvalue weighted by molar-refractivity contribution is 5.93. The molecule has 1 unspecified atom stereocenters. The van der Waals surface area contributed by atoms with Crippen LogP contribution in [-0.4, -0.2) is 77.7 Å². The van der Waals surface area contributed by atoms with Crippen LogP contribution in [0.4, 0.5) is 5.69 Å². The Kier molecular flexibility index (Phi) is 7.18. The second kappa shape index (κ2) is 10.4. The summed E-state index contributed by atoms with van der Waals surface area (Å²) in [4.78, 5) is 32.9. The van der Waals surface area contributed by atoms with Crippen LogP contribution in [0.1, 0.15) is 12.0 Å². The van der Waals surface area contributed by atoms with Crippen molar-refractivity contribution in [2.24, 2.45) is 5.92 Å². The monoisotopic (exact) mass is 440 g/mol. The molecule has 170 valence electrons. The van der Waals surface area contributed by atoms with Crippen LogP contribution in [0, 0.1) is 5.92 Å². The van der Waals surface area contributed by atoms with Crippen molar-refractivity contribution in [1.29, 1.82) is 0 Å². The lowest BCUT2D eigenvalue weighted by Gasteiger charge is -2.35. The van der Waals surface area contributed by atoms with E-state index in [0.29, 0.717) is 36.9 Å². The summed E-state index contributed by atoms with van der Waals surface area (Å²) in [5.41, 5.74) is 1.73. The number of rotatable bonds is 8. The van der Waals surface area contributed by atoms with Crippen molar-refractivity contribution in [3.05, 3.63) is 48.3 Å². The van der Waals surface area contributed by atoms with Gasteiger partial charge in [0.1, 0.15) is 13.2 Å². The Morgan fingerprint density at radius 2 is 1.81 bits per heavy atom. The van der Waals surface area contributed by atoms with E-state index in [2.05, 4.69) is 26.2 Å². The molecule has 1 amide bonds. The third-order valence-corrected chi connectivity index (χ3v) is 5.68. The first kappa shape index (κ1) is 22.0. The minimum Gasteiger partial charge on any atom is -0.486 e. The normalized spacial score (nSPS) is 17.5. The molecule has 1 atom stereocenters. The Hall–Kier alpha value is -3.17. The number of hydrogen-bond donors (Lipinski definition) is 2. The van der Waals surface area contributed by atoms with Gasteiger partial charge in [0.25, 0.3) is 0 Å². The number of carboxylic acids is 1. The van der Waals surface area contributed by atoms with Gasteiger partial charge in [0.05, 0.1) is 5.92 Å². The topological polar surface area (TPSA) is 104 Å². The number of piperazine rings is 1. The zero-order chi connectivity index (χ0) is 22.3. The number of carbonyl (C=O) groups is 2. The van der Waals surface area contributed by atoms with E-state index >= 15 is 0 Å². The molecular formula is C23H28N4O5. The second-order valence-corrected chi connectivity index (χ2v) is 8.08. The number of fused-ring (bicyclic) bond motifs is 1. The number of nitrogens with one attached hydrogen (secondary N) is 1. The molecule has 4 rings (SSSR count). The maximum Gasteiger partial charge on any atom is 0.308 e. The van der Waals surface area contributed by atoms with Crippen LogP contribution in [0.25, 0.3) is 0 Å². The highest BCUT2D eigenvalue weighted by atomic mass is 16.6. The van der Waals surface area contributed by atoms with Crippen LogP contribution in [0.3, 0.4) is 0 Å². The van der Waals surface area contributed by atoms with E-state index in [-0.39, 0.29) is 12.3 Å². The summed E-state index contributed by atoms with van der Waals surface area (Å²) < 4.78 is 11.0. The van der Waals surface area contributed by atoms with E-state index in [1.807, 2.05) is 12.3 Å². The van der Waals surface area contributed by atoms with Gasteiger partial charge < -0.3 is 19.9 Å². The van der Waals surface area contributed by atoms with Gasteiger partial charge in [0, 0.05) is 69.8 Å². The van der Waals surface area contributed by atoms with E-state index < -0.39 is 11.9 Å². The number of benzene rings is 1. The summed E-state index contributed by atoms with van der Waals surface area (Å²) in [5, 5.41) is 12.4. The molecule has 9 heteroatoms. The van der Waals surface area contributed by atoms with Crippen molar-refractivity contribution >= 4 is 17.6 Å². The van der Waals surface area contributed by atoms with Crippen LogP contribution in [-0.2, 0) is 16.1 Å². The van der Waals surface area contributed by atoms with Crippen LogP contribution < -0.4 is 14.8 Å². The first-order valence-electron chi connectivity index (χ1n) is 10.8. The van der Waals surface area contributed by atoms with Crippen LogP contribution in [0.2, 0.25) is 0 Å². The van der Waals surface area contributed by atoms with Crippen molar-refractivity contribution in [3.8, 4) is 11.5 Å². The third kappa shape index (κ3) is 5.95. The zero-order valence-electron chi connectivity index (χ0n) is 17.9. The number of carbonyl (C=O) groups excluding carboxylic acids is 1. The summed E-state index contributed by atoms with van der Waals surface area (Å²) in [7, 11) is 0. The number of amides is 1. The van der Waals surface area contributed by atoms with Gasteiger partial charge in [0.15, 0.2) is 11.5 Å². The first-order chi connectivity index (χ1) is 15.6. The number of carboxylic acid groups (broad SMARTS) is 1. The van der Waals surface area contributed by atoms with Gasteiger partial charge in [-0.25, -0.2) is 0 Å². The molecular weight excluding hydrogens is 412 g/mol. The fourth-order valence-electron chi connectivity index (χ4n) is 3.98. The van der Waals surface area contributed by atoms with E-state index in [4.69, 9.17) is 9.47 Å². The maximum absolute atomic E-state index is 12.5. The number of aliphatic carboxylic acids is 1. The average molecular weight is 441 g/mol. The average Bonchev–Trinajstić information content (AvgIpc) is 2.80. The molecule has 2 aliphatic heterocycles. The quantitative estimate of drug-likeness (QED) is 0.639. The zero-order valence-corrected chi connectivity index (χ0v) is 17.9. The molecule has 2 aliphatic rings. The van der Waals surface area contributed by atoms with Crippen molar-refractivity contribution in [1.82, 2.24) is 14.8 Å². The molecule has 1 aromatic carbocycles. The molecule has 1 fully saturated rings. The summed E-state index contributed by atoms with van der Waals surface area (Å²) in [5.74, 6) is -0.838. The van der Waals surface area contributed by atoms with Gasteiger partial charge in [0.2, 0.25) is 5.91 Å². The SMILES string of the molecule is O=C(CC(CN1CCN(Cc2cccnc2)CC1)C(=O)O)Nc1ccc2c(c1)OCCO2. The molecule has 0 aliphatic carbocycles. The predicted molar refractivity (Wildman–Crippen MR) is 118 cm³/mol. The van der Waals surface area contributed by atoms with E-state index in [1.165, 1.54) is 5.56 Å². The highest BCUT2D eigenvalue weighted by Gasteiger charge is 2.26. The number of ether oxygens (including phenoxy) is 2. The van der Waals surface area contributed by atoms with Gasteiger partial charge >= 0.3 is 5.97 Å². The lowest BCUT2D eigenvalue weighted by molar-refractivity contribution is -0.144. The fraction of sp³-hybridized carbons (Fsp3) is 0.435. The highest BCUT2D eigenvalue weighted by Crippen LogP contribution is 2.32. The van der Waals surface area contributed by atoms with E-state index in [9.17, 15) is 14.7 Å². The fourth-order valence-corrected chi connectivity index (χ4v) is 3.98.